The molecule has 2 amide bonds. The van der Waals surface area contributed by atoms with Crippen LogP contribution in [0.15, 0.2) is 48.5 Å². The van der Waals surface area contributed by atoms with Gasteiger partial charge in [0.05, 0.1) is 18.2 Å². The van der Waals surface area contributed by atoms with Crippen LogP contribution in [0.5, 0.6) is 0 Å². The predicted octanol–water partition coefficient (Wildman–Crippen LogP) is 5.70. The van der Waals surface area contributed by atoms with Gasteiger partial charge in [0.2, 0.25) is 5.28 Å². The minimum atomic E-state index is -4.40. The van der Waals surface area contributed by atoms with E-state index in [-0.39, 0.29) is 23.9 Å². The largest absolute Gasteiger partial charge is 0.416 e. The zero-order valence-electron chi connectivity index (χ0n) is 17.3. The number of carbonyl (C=O) groups is 1. The summed E-state index contributed by atoms with van der Waals surface area (Å²) in [6, 6.07) is 11.4. The van der Waals surface area contributed by atoms with E-state index in [0.29, 0.717) is 35.9 Å². The summed E-state index contributed by atoms with van der Waals surface area (Å²) in [5, 5.41) is 11.8. The molecule has 0 saturated carbocycles. The lowest BCUT2D eigenvalue weighted by molar-refractivity contribution is -0.137. The lowest BCUT2D eigenvalue weighted by atomic mass is 10.1. The van der Waals surface area contributed by atoms with Crippen molar-refractivity contribution in [2.45, 2.75) is 38.1 Å². The first kappa shape index (κ1) is 23.4. The molecule has 1 saturated heterocycles. The average molecular weight is 498 g/mol. The van der Waals surface area contributed by atoms with E-state index in [9.17, 15) is 18.0 Å². The highest BCUT2D eigenvalue weighted by atomic mass is 35.5. The third kappa shape index (κ3) is 5.42. The van der Waals surface area contributed by atoms with E-state index in [0.717, 1.165) is 24.1 Å². The van der Waals surface area contributed by atoms with Crippen LogP contribution in [0.4, 0.5) is 18.0 Å². The van der Waals surface area contributed by atoms with Crippen LogP contribution in [0, 0.1) is 0 Å². The minimum absolute atomic E-state index is 0.110. The Labute approximate surface area is 198 Å². The maximum absolute atomic E-state index is 12.9. The van der Waals surface area contributed by atoms with E-state index in [2.05, 4.69) is 15.5 Å². The number of likely N-dealkylation sites (tertiary alicyclic amines) is 1. The van der Waals surface area contributed by atoms with Gasteiger partial charge < -0.3 is 10.2 Å². The summed E-state index contributed by atoms with van der Waals surface area (Å²) in [4.78, 5) is 14.5. The van der Waals surface area contributed by atoms with E-state index in [1.54, 1.807) is 21.6 Å². The van der Waals surface area contributed by atoms with Crippen molar-refractivity contribution < 1.29 is 18.0 Å². The quantitative estimate of drug-likeness (QED) is 0.491. The summed E-state index contributed by atoms with van der Waals surface area (Å²) >= 11 is 12.2. The molecule has 1 aliphatic rings. The molecular formula is C22H20Cl2F3N5O. The molecule has 1 N–H and O–H groups in total. The Balaban J connectivity index is 1.44. The van der Waals surface area contributed by atoms with Crippen LogP contribution >= 0.6 is 23.2 Å². The second kappa shape index (κ2) is 9.61. The smallest absolute Gasteiger partial charge is 0.334 e. The van der Waals surface area contributed by atoms with Gasteiger partial charge in [-0.15, -0.1) is 10.2 Å². The molecule has 6 nitrogen and oxygen atoms in total. The Morgan fingerprint density at radius 2 is 1.70 bits per heavy atom. The summed E-state index contributed by atoms with van der Waals surface area (Å²) < 4.78 is 39.9. The van der Waals surface area contributed by atoms with Crippen molar-refractivity contribution in [2.75, 3.05) is 6.54 Å². The number of nitrogens with one attached hydrogen (secondary N) is 1. The van der Waals surface area contributed by atoms with Gasteiger partial charge >= 0.3 is 12.2 Å². The Hall–Kier alpha value is -2.78. The molecule has 3 aromatic rings. The van der Waals surface area contributed by atoms with Crippen LogP contribution in [0.1, 0.15) is 41.4 Å². The van der Waals surface area contributed by atoms with Crippen LogP contribution < -0.4 is 5.32 Å². The van der Waals surface area contributed by atoms with Crippen molar-refractivity contribution >= 4 is 29.2 Å². The molecule has 11 heteroatoms. The van der Waals surface area contributed by atoms with Crippen LogP contribution in [0.3, 0.4) is 0 Å². The molecule has 2 heterocycles. The zero-order chi connectivity index (χ0) is 23.6. The minimum Gasteiger partial charge on any atom is -0.334 e. The number of nitrogens with zero attached hydrogens (tertiary/aromatic N) is 4. The highest BCUT2D eigenvalue weighted by Crippen LogP contribution is 2.33. The normalized spacial score (nSPS) is 16.3. The number of amides is 2. The van der Waals surface area contributed by atoms with Crippen molar-refractivity contribution in [1.82, 2.24) is 25.0 Å². The number of urea groups is 1. The maximum Gasteiger partial charge on any atom is 0.416 e. The van der Waals surface area contributed by atoms with Crippen LogP contribution in [-0.2, 0) is 19.3 Å². The first-order valence-electron chi connectivity index (χ1n) is 10.3. The molecule has 1 aromatic heterocycles. The fourth-order valence-electron chi connectivity index (χ4n) is 3.83. The lowest BCUT2D eigenvalue weighted by Gasteiger charge is -2.25. The highest BCUT2D eigenvalue weighted by molar-refractivity contribution is 6.30. The van der Waals surface area contributed by atoms with Crippen LogP contribution in [0.2, 0.25) is 10.3 Å². The topological polar surface area (TPSA) is 63.1 Å². The molecule has 0 bridgehead atoms. The van der Waals surface area contributed by atoms with E-state index in [1.165, 1.54) is 12.1 Å². The lowest BCUT2D eigenvalue weighted by Crippen LogP contribution is -2.39. The van der Waals surface area contributed by atoms with E-state index < -0.39 is 11.7 Å². The van der Waals surface area contributed by atoms with Crippen molar-refractivity contribution in [3.05, 3.63) is 81.4 Å². The predicted molar refractivity (Wildman–Crippen MR) is 118 cm³/mol. The average Bonchev–Trinajstić information content (AvgIpc) is 3.40. The van der Waals surface area contributed by atoms with Gasteiger partial charge in [-0.1, -0.05) is 35.9 Å². The van der Waals surface area contributed by atoms with Gasteiger partial charge in [0, 0.05) is 18.1 Å². The van der Waals surface area contributed by atoms with Gasteiger partial charge in [0.15, 0.2) is 5.82 Å². The Morgan fingerprint density at radius 1 is 1.03 bits per heavy atom. The summed E-state index contributed by atoms with van der Waals surface area (Å²) in [5.74, 6) is 0.581. The zero-order valence-corrected chi connectivity index (χ0v) is 18.8. The van der Waals surface area contributed by atoms with Crippen LogP contribution in [-0.4, -0.2) is 32.2 Å². The molecule has 1 atom stereocenters. The third-order valence-electron chi connectivity index (χ3n) is 5.52. The number of rotatable bonds is 5. The molecule has 4 rings (SSSR count). The molecule has 0 spiro atoms. The SMILES string of the molecule is O=C(NCc1ccc(C(F)(F)F)cc1)N1CCC[C@@H]1c1nnc(Cl)n1Cc1ccc(Cl)cc1. The molecule has 174 valence electrons. The number of hydrogen-bond donors (Lipinski definition) is 1. The maximum atomic E-state index is 12.9. The van der Waals surface area contributed by atoms with E-state index in [1.807, 2.05) is 12.1 Å². The molecule has 33 heavy (non-hydrogen) atoms. The third-order valence-corrected chi connectivity index (χ3v) is 6.06. The van der Waals surface area contributed by atoms with E-state index >= 15 is 0 Å². The van der Waals surface area contributed by atoms with Gasteiger partial charge in [-0.2, -0.15) is 13.2 Å². The number of carbonyl (C=O) groups excluding carboxylic acids is 1. The number of halogens is 5. The first-order chi connectivity index (χ1) is 15.7. The summed E-state index contributed by atoms with van der Waals surface area (Å²) in [5.41, 5.74) is 0.800. The molecule has 0 aliphatic carbocycles. The van der Waals surface area contributed by atoms with Gasteiger partial charge in [-0.3, -0.25) is 4.57 Å². The van der Waals surface area contributed by atoms with E-state index in [4.69, 9.17) is 23.2 Å². The first-order valence-corrected chi connectivity index (χ1v) is 11.0. The number of hydrogen-bond acceptors (Lipinski definition) is 3. The van der Waals surface area contributed by atoms with Gasteiger partial charge in [-0.25, -0.2) is 4.79 Å². The molecule has 1 fully saturated rings. The Kier molecular flexibility index (Phi) is 6.81. The fourth-order valence-corrected chi connectivity index (χ4v) is 4.14. The van der Waals surface area contributed by atoms with Gasteiger partial charge in [-0.05, 0) is 59.8 Å². The van der Waals surface area contributed by atoms with Crippen molar-refractivity contribution in [3.8, 4) is 0 Å². The molecule has 0 radical (unpaired) electrons. The second-order valence-electron chi connectivity index (χ2n) is 7.74. The molecule has 2 aromatic carbocycles. The monoisotopic (exact) mass is 497 g/mol. The standard InChI is InChI=1S/C22H20Cl2F3N5O/c23-17-9-5-15(6-10-17)13-32-19(29-30-20(32)24)18-2-1-11-31(18)21(33)28-12-14-3-7-16(8-4-14)22(25,26)27/h3-10,18H,1-2,11-13H2,(H,28,33)/t18-/m1/s1. The highest BCUT2D eigenvalue weighted by Gasteiger charge is 2.34. The number of alkyl halides is 3. The molecule has 0 unspecified atom stereocenters. The van der Waals surface area contributed by atoms with Crippen molar-refractivity contribution in [3.63, 3.8) is 0 Å². The van der Waals surface area contributed by atoms with Gasteiger partial charge in [0.25, 0.3) is 0 Å². The number of aromatic nitrogens is 3. The Morgan fingerprint density at radius 3 is 2.36 bits per heavy atom. The van der Waals surface area contributed by atoms with Crippen LogP contribution in [0.25, 0.3) is 0 Å². The molecule has 1 aliphatic heterocycles. The molecular weight excluding hydrogens is 478 g/mol. The fraction of sp³-hybridized carbons (Fsp3) is 0.318. The van der Waals surface area contributed by atoms with Crippen molar-refractivity contribution in [1.29, 1.82) is 0 Å². The second-order valence-corrected chi connectivity index (χ2v) is 8.52. The summed E-state index contributed by atoms with van der Waals surface area (Å²) in [7, 11) is 0. The number of benzene rings is 2. The summed E-state index contributed by atoms with van der Waals surface area (Å²) in [6.07, 6.45) is -2.92. The summed E-state index contributed by atoms with van der Waals surface area (Å²) in [6.45, 7) is 1.06. The van der Waals surface area contributed by atoms with Crippen molar-refractivity contribution in [2.24, 2.45) is 0 Å². The van der Waals surface area contributed by atoms with Gasteiger partial charge in [0.1, 0.15) is 0 Å². The Bertz CT molecular complexity index is 1120.